The molecule has 0 aliphatic carbocycles. The third-order valence-electron chi connectivity index (χ3n) is 7.37. The van der Waals surface area contributed by atoms with Crippen molar-refractivity contribution < 1.29 is 14.6 Å². The first-order valence-electron chi connectivity index (χ1n) is 13.0. The highest BCUT2D eigenvalue weighted by Crippen LogP contribution is 2.42. The van der Waals surface area contributed by atoms with Crippen LogP contribution < -0.4 is 10.5 Å². The van der Waals surface area contributed by atoms with Crippen molar-refractivity contribution in [3.63, 3.8) is 0 Å². The van der Waals surface area contributed by atoms with Crippen molar-refractivity contribution in [3.8, 4) is 33.9 Å². The van der Waals surface area contributed by atoms with Gasteiger partial charge in [0.2, 0.25) is 5.91 Å². The van der Waals surface area contributed by atoms with Gasteiger partial charge in [0, 0.05) is 37.5 Å². The first-order valence-corrected chi connectivity index (χ1v) is 13.0. The molecule has 2 atom stereocenters. The first kappa shape index (κ1) is 25.3. The number of β-amino-alcohol motifs (C(OH)–C–C–N with tert-alkyl or cyclic N) is 1. The van der Waals surface area contributed by atoms with Crippen molar-refractivity contribution in [1.82, 2.24) is 29.2 Å². The number of carbonyl (C=O) groups excluding carboxylic acids is 1. The number of fused-ring (bicyclic) bond motifs is 1. The number of aliphatic hydroxyl groups is 1. The Hall–Kier alpha value is -4.96. The average molecular weight is 536 g/mol. The fourth-order valence-corrected chi connectivity index (χ4v) is 5.41. The fraction of sp³-hybridized carbons (Fsp3) is 0.200. The van der Waals surface area contributed by atoms with Gasteiger partial charge in [-0.15, -0.1) is 0 Å². The molecule has 10 nitrogen and oxygen atoms in total. The molecule has 2 unspecified atom stereocenters. The molecule has 1 fully saturated rings. The van der Waals surface area contributed by atoms with Crippen LogP contribution in [0.4, 0.5) is 5.82 Å². The molecule has 1 aliphatic rings. The van der Waals surface area contributed by atoms with E-state index in [2.05, 4.69) is 21.6 Å². The zero-order chi connectivity index (χ0) is 27.8. The molecule has 5 aromatic rings. The number of hydrogen-bond acceptors (Lipinski definition) is 7. The van der Waals surface area contributed by atoms with Gasteiger partial charge in [-0.25, -0.2) is 9.97 Å². The van der Waals surface area contributed by atoms with E-state index in [4.69, 9.17) is 10.5 Å². The van der Waals surface area contributed by atoms with E-state index in [1.54, 1.807) is 15.8 Å². The van der Waals surface area contributed by atoms with Crippen molar-refractivity contribution in [1.29, 1.82) is 0 Å². The molecule has 0 radical (unpaired) electrons. The maximum absolute atomic E-state index is 12.0. The normalized spacial score (nSPS) is 17.2. The second-order valence-electron chi connectivity index (χ2n) is 9.80. The average Bonchev–Trinajstić information content (AvgIpc) is 3.57. The van der Waals surface area contributed by atoms with E-state index in [-0.39, 0.29) is 18.5 Å². The molecule has 1 amide bonds. The lowest BCUT2D eigenvalue weighted by Gasteiger charge is -2.35. The number of nitrogens with zero attached hydrogens (tertiary/aromatic N) is 6. The second kappa shape index (κ2) is 10.3. The topological polar surface area (TPSA) is 124 Å². The van der Waals surface area contributed by atoms with E-state index in [0.29, 0.717) is 30.2 Å². The zero-order valence-electron chi connectivity index (χ0n) is 22.0. The summed E-state index contributed by atoms with van der Waals surface area (Å²) in [4.78, 5) is 22.4. The van der Waals surface area contributed by atoms with Crippen LogP contribution >= 0.6 is 0 Å². The third kappa shape index (κ3) is 4.48. The number of aliphatic hydroxyl groups excluding tert-OH is 1. The predicted octanol–water partition coefficient (Wildman–Crippen LogP) is 4.19. The molecule has 202 valence electrons. The van der Waals surface area contributed by atoms with Crippen LogP contribution in [0.15, 0.2) is 86.0 Å². The minimum Gasteiger partial charge on any atom is -0.457 e. The van der Waals surface area contributed by atoms with E-state index in [9.17, 15) is 9.90 Å². The highest BCUT2D eigenvalue weighted by atomic mass is 16.5. The number of aryl methyl sites for hydroxylation is 1. The molecule has 1 saturated heterocycles. The number of anilines is 1. The monoisotopic (exact) mass is 535 g/mol. The summed E-state index contributed by atoms with van der Waals surface area (Å²) in [7, 11) is 1.94. The van der Waals surface area contributed by atoms with E-state index in [1.165, 1.54) is 12.4 Å². The predicted molar refractivity (Wildman–Crippen MR) is 153 cm³/mol. The Kier molecular flexibility index (Phi) is 6.53. The van der Waals surface area contributed by atoms with Gasteiger partial charge in [-0.3, -0.25) is 9.48 Å². The molecular formula is C30H29N7O3. The molecule has 0 bridgehead atoms. The number of amides is 1. The van der Waals surface area contributed by atoms with Crippen LogP contribution in [0.5, 0.6) is 11.5 Å². The molecule has 10 heteroatoms. The molecule has 3 aromatic heterocycles. The molecule has 40 heavy (non-hydrogen) atoms. The number of aromatic nitrogens is 5. The lowest BCUT2D eigenvalue weighted by molar-refractivity contribution is -0.130. The van der Waals surface area contributed by atoms with Crippen LogP contribution in [0.1, 0.15) is 12.5 Å². The number of benzene rings is 2. The third-order valence-corrected chi connectivity index (χ3v) is 7.37. The number of nitrogen functional groups attached to an aromatic ring is 1. The minimum absolute atomic E-state index is 0.183. The zero-order valence-corrected chi connectivity index (χ0v) is 22.0. The summed E-state index contributed by atoms with van der Waals surface area (Å²) in [5.74, 6) is 1.67. The highest BCUT2D eigenvalue weighted by molar-refractivity contribution is 6.07. The van der Waals surface area contributed by atoms with Gasteiger partial charge < -0.3 is 25.0 Å². The van der Waals surface area contributed by atoms with E-state index in [1.807, 2.05) is 72.4 Å². The number of carbonyl (C=O) groups is 1. The lowest BCUT2D eigenvalue weighted by Crippen LogP contribution is -2.46. The number of piperidine rings is 1. The molecule has 4 heterocycles. The smallest absolute Gasteiger partial charge is 0.246 e. The number of para-hydroxylation sites is 1. The Morgan fingerprint density at radius 1 is 1.10 bits per heavy atom. The molecule has 0 saturated carbocycles. The van der Waals surface area contributed by atoms with Crippen LogP contribution in [0.3, 0.4) is 0 Å². The number of nitrogens with two attached hydrogens (primary N) is 1. The minimum atomic E-state index is -0.754. The van der Waals surface area contributed by atoms with Crippen molar-refractivity contribution in [2.75, 3.05) is 18.8 Å². The molecule has 3 N–H and O–H groups in total. The summed E-state index contributed by atoms with van der Waals surface area (Å²) in [6, 6.07) is 17.2. The van der Waals surface area contributed by atoms with Crippen LogP contribution in [0.2, 0.25) is 0 Å². The number of likely N-dealkylation sites (tertiary alicyclic amines) is 1. The van der Waals surface area contributed by atoms with Gasteiger partial charge >= 0.3 is 0 Å². The fourth-order valence-electron chi connectivity index (χ4n) is 5.41. The molecule has 0 spiro atoms. The SMILES string of the molecule is C=CC(=O)N1CCC(n2cc(-c3c(-c4ccc(Oc5ccccc5)cc4)c4c(N)ncnc4n3C)cn2)C(O)C1. The summed E-state index contributed by atoms with van der Waals surface area (Å²) in [5, 5.41) is 16.2. The summed E-state index contributed by atoms with van der Waals surface area (Å²) >= 11 is 0. The molecular weight excluding hydrogens is 506 g/mol. The maximum Gasteiger partial charge on any atom is 0.246 e. The van der Waals surface area contributed by atoms with Gasteiger partial charge in [-0.1, -0.05) is 36.9 Å². The Morgan fingerprint density at radius 2 is 1.85 bits per heavy atom. The Bertz CT molecular complexity index is 1690. The quantitative estimate of drug-likeness (QED) is 0.312. The van der Waals surface area contributed by atoms with Crippen molar-refractivity contribution in [3.05, 3.63) is 86.0 Å². The largest absolute Gasteiger partial charge is 0.457 e. The van der Waals surface area contributed by atoms with E-state index < -0.39 is 6.10 Å². The van der Waals surface area contributed by atoms with E-state index >= 15 is 0 Å². The van der Waals surface area contributed by atoms with Crippen molar-refractivity contribution >= 4 is 22.8 Å². The lowest BCUT2D eigenvalue weighted by atomic mass is 10.00. The first-order chi connectivity index (χ1) is 19.4. The standard InChI is InChI=1S/C30H29N7O3/c1-3-25(39)36-14-13-23(24(38)17-36)37-16-20(15-34-37)28-26(27-29(31)32-18-33-30(27)35(28)2)19-9-11-22(12-10-19)40-21-7-5-4-6-8-21/h3-12,15-16,18,23-24,38H,1,13-14,17H2,2H3,(H2,31,32,33). The van der Waals surface area contributed by atoms with Gasteiger partial charge in [-0.05, 0) is 42.3 Å². The Morgan fingerprint density at radius 3 is 2.58 bits per heavy atom. The summed E-state index contributed by atoms with van der Waals surface area (Å²) < 4.78 is 9.76. The van der Waals surface area contributed by atoms with Crippen LogP contribution in [-0.2, 0) is 11.8 Å². The van der Waals surface area contributed by atoms with Crippen LogP contribution in [-0.4, -0.2) is 59.4 Å². The summed E-state index contributed by atoms with van der Waals surface area (Å²) in [6.07, 6.45) is 6.26. The number of ether oxygens (including phenoxy) is 1. The van der Waals surface area contributed by atoms with Crippen molar-refractivity contribution in [2.24, 2.45) is 7.05 Å². The van der Waals surface area contributed by atoms with Gasteiger partial charge in [-0.2, -0.15) is 5.10 Å². The highest BCUT2D eigenvalue weighted by Gasteiger charge is 2.32. The van der Waals surface area contributed by atoms with E-state index in [0.717, 1.165) is 33.5 Å². The summed E-state index contributed by atoms with van der Waals surface area (Å²) in [6.45, 7) is 4.29. The Balaban J connectivity index is 1.38. The maximum atomic E-state index is 12.0. The van der Waals surface area contributed by atoms with Crippen LogP contribution in [0.25, 0.3) is 33.4 Å². The molecule has 2 aromatic carbocycles. The van der Waals surface area contributed by atoms with Crippen LogP contribution in [0, 0.1) is 0 Å². The van der Waals surface area contributed by atoms with Gasteiger partial charge in [0.25, 0.3) is 0 Å². The van der Waals surface area contributed by atoms with Gasteiger partial charge in [0.1, 0.15) is 29.3 Å². The molecule has 6 rings (SSSR count). The van der Waals surface area contributed by atoms with Gasteiger partial charge in [0.05, 0.1) is 29.4 Å². The summed E-state index contributed by atoms with van der Waals surface area (Å²) in [5.41, 5.74) is 10.6. The number of hydrogen-bond donors (Lipinski definition) is 2. The van der Waals surface area contributed by atoms with Gasteiger partial charge in [0.15, 0.2) is 0 Å². The Labute approximate surface area is 231 Å². The molecule has 1 aliphatic heterocycles. The van der Waals surface area contributed by atoms with Crippen molar-refractivity contribution in [2.45, 2.75) is 18.6 Å². The number of rotatable bonds is 6. The second-order valence-corrected chi connectivity index (χ2v) is 9.80.